The number of thiophene rings is 1. The van der Waals surface area contributed by atoms with Crippen molar-refractivity contribution in [1.29, 1.82) is 0 Å². The normalized spacial score (nSPS) is 16.4. The molecule has 2 N–H and O–H groups in total. The summed E-state index contributed by atoms with van der Waals surface area (Å²) in [5.74, 6) is -0.396. The summed E-state index contributed by atoms with van der Waals surface area (Å²) in [6, 6.07) is -0.308. The average Bonchev–Trinajstić information content (AvgIpc) is 3.38. The van der Waals surface area contributed by atoms with Gasteiger partial charge in [-0.05, 0) is 44.1 Å². The first-order chi connectivity index (χ1) is 15.1. The number of hydrogen-bond acceptors (Lipinski definition) is 7. The van der Waals surface area contributed by atoms with E-state index < -0.39 is 11.9 Å². The summed E-state index contributed by atoms with van der Waals surface area (Å²) < 4.78 is 6.78. The Hall–Kier alpha value is -1.91. The van der Waals surface area contributed by atoms with E-state index in [9.17, 15) is 14.4 Å². The second kappa shape index (κ2) is 10.1. The van der Waals surface area contributed by atoms with Gasteiger partial charge in [0, 0.05) is 18.0 Å². The molecule has 168 valence electrons. The Balaban J connectivity index is 1.49. The summed E-state index contributed by atoms with van der Waals surface area (Å²) in [6.45, 7) is 0.748. The number of hydrogen-bond donors (Lipinski definition) is 2. The average molecular weight is 465 g/mol. The number of nitrogens with one attached hydrogen (secondary N) is 2. The molecule has 0 atom stereocenters. The zero-order valence-electron chi connectivity index (χ0n) is 17.7. The number of methoxy groups -OCH3 is 1. The molecule has 2 aromatic rings. The second-order valence-electron chi connectivity index (χ2n) is 8.03. The molecule has 0 unspecified atom stereocenters. The molecule has 0 aliphatic heterocycles. The number of nitrogens with zero attached hydrogens (tertiary/aromatic N) is 2. The van der Waals surface area contributed by atoms with Crippen LogP contribution in [0, 0.1) is 0 Å². The number of thioether (sulfide) groups is 1. The van der Waals surface area contributed by atoms with Gasteiger partial charge in [-0.3, -0.25) is 19.5 Å². The molecule has 3 amide bonds. The van der Waals surface area contributed by atoms with E-state index in [1.807, 2.05) is 0 Å². The van der Waals surface area contributed by atoms with Crippen molar-refractivity contribution in [2.45, 2.75) is 69.1 Å². The molecule has 0 bridgehead atoms. The maximum atomic E-state index is 13.3. The molecule has 0 aromatic carbocycles. The van der Waals surface area contributed by atoms with Gasteiger partial charge in [-0.25, -0.2) is 9.78 Å². The van der Waals surface area contributed by atoms with Gasteiger partial charge >= 0.3 is 6.03 Å². The van der Waals surface area contributed by atoms with Gasteiger partial charge in [0.15, 0.2) is 5.16 Å². The molecule has 0 spiro atoms. The molecule has 1 saturated carbocycles. The van der Waals surface area contributed by atoms with Gasteiger partial charge in [0.2, 0.25) is 5.91 Å². The van der Waals surface area contributed by atoms with Crippen LogP contribution >= 0.6 is 23.1 Å². The summed E-state index contributed by atoms with van der Waals surface area (Å²) in [6.07, 6.45) is 8.27. The van der Waals surface area contributed by atoms with Gasteiger partial charge in [-0.2, -0.15) is 0 Å². The Kier molecular flexibility index (Phi) is 7.29. The SMILES string of the molecule is COCCn1c(SCC(=O)NC(=O)NC2CCCC2)nc2sc3c(c2c1=O)CCCC3. The standard InChI is InChI=1S/C21H28N4O4S2/c1-29-11-10-25-19(27)17-14-8-4-5-9-15(14)31-18(17)24-21(25)30-12-16(26)23-20(28)22-13-6-2-3-7-13/h13H,2-12H2,1H3,(H2,22,23,26,28). The minimum Gasteiger partial charge on any atom is -0.383 e. The van der Waals surface area contributed by atoms with Crippen molar-refractivity contribution in [3.05, 3.63) is 20.8 Å². The van der Waals surface area contributed by atoms with Crippen LogP contribution in [-0.4, -0.2) is 47.0 Å². The van der Waals surface area contributed by atoms with E-state index in [0.29, 0.717) is 18.3 Å². The Labute approximate surface area is 189 Å². The van der Waals surface area contributed by atoms with E-state index in [1.54, 1.807) is 23.0 Å². The molecule has 31 heavy (non-hydrogen) atoms. The number of ether oxygens (including phenoxy) is 1. The van der Waals surface area contributed by atoms with Crippen LogP contribution < -0.4 is 16.2 Å². The summed E-state index contributed by atoms with van der Waals surface area (Å²) >= 11 is 2.77. The predicted octanol–water partition coefficient (Wildman–Crippen LogP) is 2.84. The van der Waals surface area contributed by atoms with E-state index >= 15 is 0 Å². The van der Waals surface area contributed by atoms with Crippen molar-refractivity contribution in [2.24, 2.45) is 0 Å². The number of fused-ring (bicyclic) bond motifs is 3. The van der Waals surface area contributed by atoms with Crippen molar-refractivity contribution in [3.63, 3.8) is 0 Å². The zero-order chi connectivity index (χ0) is 21.8. The van der Waals surface area contributed by atoms with Crippen LogP contribution in [-0.2, 0) is 28.9 Å². The van der Waals surface area contributed by atoms with Gasteiger partial charge in [0.25, 0.3) is 5.56 Å². The number of carbonyl (C=O) groups excluding carboxylic acids is 2. The number of carbonyl (C=O) groups is 2. The molecule has 4 rings (SSSR count). The molecule has 8 nitrogen and oxygen atoms in total. The maximum absolute atomic E-state index is 13.3. The van der Waals surface area contributed by atoms with E-state index in [4.69, 9.17) is 9.72 Å². The number of urea groups is 1. The molecule has 10 heteroatoms. The molecule has 2 aliphatic carbocycles. The van der Waals surface area contributed by atoms with Crippen molar-refractivity contribution in [1.82, 2.24) is 20.2 Å². The van der Waals surface area contributed by atoms with E-state index in [-0.39, 0.29) is 17.4 Å². The van der Waals surface area contributed by atoms with Gasteiger partial charge < -0.3 is 10.1 Å². The molecule has 2 aliphatic rings. The largest absolute Gasteiger partial charge is 0.383 e. The number of aromatic nitrogens is 2. The summed E-state index contributed by atoms with van der Waals surface area (Å²) in [5, 5.41) is 6.44. The quantitative estimate of drug-likeness (QED) is 0.483. The van der Waals surface area contributed by atoms with E-state index in [1.165, 1.54) is 16.6 Å². The Morgan fingerprint density at radius 1 is 1.23 bits per heavy atom. The number of rotatable bonds is 7. The van der Waals surface area contributed by atoms with Crippen molar-refractivity contribution >= 4 is 45.3 Å². The highest BCUT2D eigenvalue weighted by atomic mass is 32.2. The molecule has 2 aromatic heterocycles. The first-order valence-corrected chi connectivity index (χ1v) is 12.6. The van der Waals surface area contributed by atoms with Crippen LogP contribution in [0.15, 0.2) is 9.95 Å². The van der Waals surface area contributed by atoms with Gasteiger partial charge in [-0.1, -0.05) is 24.6 Å². The third kappa shape index (κ3) is 5.12. The lowest BCUT2D eigenvalue weighted by Crippen LogP contribution is -2.44. The first kappa shape index (κ1) is 22.3. The van der Waals surface area contributed by atoms with E-state index in [2.05, 4.69) is 10.6 Å². The molecule has 0 saturated heterocycles. The summed E-state index contributed by atoms with van der Waals surface area (Å²) in [4.78, 5) is 44.4. The number of aryl methyl sites for hydroxylation is 2. The molecular formula is C21H28N4O4S2. The van der Waals surface area contributed by atoms with Crippen LogP contribution in [0.25, 0.3) is 10.2 Å². The minimum atomic E-state index is -0.455. The number of imide groups is 1. The van der Waals surface area contributed by atoms with Crippen LogP contribution in [0.3, 0.4) is 0 Å². The van der Waals surface area contributed by atoms with Crippen LogP contribution in [0.5, 0.6) is 0 Å². The second-order valence-corrected chi connectivity index (χ2v) is 10.1. The van der Waals surface area contributed by atoms with Gasteiger partial charge in [0.05, 0.1) is 24.3 Å². The van der Waals surface area contributed by atoms with Crippen molar-refractivity contribution in [3.8, 4) is 0 Å². The van der Waals surface area contributed by atoms with Crippen molar-refractivity contribution < 1.29 is 14.3 Å². The first-order valence-electron chi connectivity index (χ1n) is 10.8. The maximum Gasteiger partial charge on any atom is 0.321 e. The highest BCUT2D eigenvalue weighted by Crippen LogP contribution is 2.34. The lowest BCUT2D eigenvalue weighted by atomic mass is 9.97. The molecule has 1 fully saturated rings. The van der Waals surface area contributed by atoms with Gasteiger partial charge in [0.1, 0.15) is 4.83 Å². The molecule has 0 radical (unpaired) electrons. The summed E-state index contributed by atoms with van der Waals surface area (Å²) in [7, 11) is 1.59. The topological polar surface area (TPSA) is 102 Å². The lowest BCUT2D eigenvalue weighted by Gasteiger charge is -2.14. The number of amides is 3. The third-order valence-corrected chi connectivity index (χ3v) is 8.00. The van der Waals surface area contributed by atoms with Gasteiger partial charge in [-0.15, -0.1) is 11.3 Å². The third-order valence-electron chi connectivity index (χ3n) is 5.83. The minimum absolute atomic E-state index is 0.00804. The molecular weight excluding hydrogens is 436 g/mol. The monoisotopic (exact) mass is 464 g/mol. The highest BCUT2D eigenvalue weighted by Gasteiger charge is 2.23. The fourth-order valence-corrected chi connectivity index (χ4v) is 6.42. The van der Waals surface area contributed by atoms with E-state index in [0.717, 1.165) is 67.1 Å². The predicted molar refractivity (Wildman–Crippen MR) is 122 cm³/mol. The Morgan fingerprint density at radius 2 is 2.00 bits per heavy atom. The highest BCUT2D eigenvalue weighted by molar-refractivity contribution is 7.99. The smallest absolute Gasteiger partial charge is 0.321 e. The lowest BCUT2D eigenvalue weighted by molar-refractivity contribution is -0.117. The zero-order valence-corrected chi connectivity index (χ0v) is 19.3. The van der Waals surface area contributed by atoms with Crippen molar-refractivity contribution in [2.75, 3.05) is 19.5 Å². The molecule has 2 heterocycles. The van der Waals surface area contributed by atoms with Crippen LogP contribution in [0.1, 0.15) is 49.0 Å². The summed E-state index contributed by atoms with van der Waals surface area (Å²) in [5.41, 5.74) is 1.08. The fraction of sp³-hybridized carbons (Fsp3) is 0.619. The van der Waals surface area contributed by atoms with Crippen LogP contribution in [0.2, 0.25) is 0 Å². The Morgan fingerprint density at radius 3 is 2.77 bits per heavy atom. The van der Waals surface area contributed by atoms with Crippen LogP contribution in [0.4, 0.5) is 4.79 Å². The fourth-order valence-electron chi connectivity index (χ4n) is 4.29. The Bertz CT molecular complexity index is 1030.